The van der Waals surface area contributed by atoms with Crippen LogP contribution in [-0.2, 0) is 11.4 Å². The normalized spacial score (nSPS) is 10.6. The van der Waals surface area contributed by atoms with Crippen LogP contribution in [0.2, 0.25) is 5.02 Å². The summed E-state index contributed by atoms with van der Waals surface area (Å²) >= 11 is 6.06. The molecule has 0 saturated heterocycles. The van der Waals surface area contributed by atoms with Crippen LogP contribution in [0, 0.1) is 0 Å². The highest BCUT2D eigenvalue weighted by molar-refractivity contribution is 6.31. The summed E-state index contributed by atoms with van der Waals surface area (Å²) in [5, 5.41) is 12.8. The third-order valence-electron chi connectivity index (χ3n) is 2.76. The van der Waals surface area contributed by atoms with Crippen LogP contribution in [0.3, 0.4) is 0 Å². The molecule has 0 aliphatic carbocycles. The fourth-order valence-electron chi connectivity index (χ4n) is 1.91. The van der Waals surface area contributed by atoms with Gasteiger partial charge in [-0.05, 0) is 32.9 Å². The highest BCUT2D eigenvalue weighted by Crippen LogP contribution is 2.27. The first-order chi connectivity index (χ1) is 8.99. The number of amides is 1. The molecule has 0 atom stereocenters. The van der Waals surface area contributed by atoms with E-state index in [1.807, 2.05) is 37.8 Å². The summed E-state index contributed by atoms with van der Waals surface area (Å²) in [4.78, 5) is 13.7. The van der Waals surface area contributed by atoms with Crippen LogP contribution >= 0.6 is 11.6 Å². The van der Waals surface area contributed by atoms with Crippen molar-refractivity contribution in [2.24, 2.45) is 0 Å². The highest BCUT2D eigenvalue weighted by Gasteiger charge is 2.15. The molecule has 0 heterocycles. The minimum atomic E-state index is -0.142. The van der Waals surface area contributed by atoms with Gasteiger partial charge >= 0.3 is 0 Å². The van der Waals surface area contributed by atoms with Crippen molar-refractivity contribution < 1.29 is 9.90 Å². The van der Waals surface area contributed by atoms with E-state index in [0.29, 0.717) is 17.1 Å². The Labute approximate surface area is 119 Å². The second kappa shape index (κ2) is 7.36. The van der Waals surface area contributed by atoms with Crippen LogP contribution in [-0.4, -0.2) is 30.1 Å². The van der Waals surface area contributed by atoms with E-state index in [1.54, 1.807) is 6.07 Å². The van der Waals surface area contributed by atoms with Gasteiger partial charge in [0.25, 0.3) is 0 Å². The maximum Gasteiger partial charge on any atom is 0.239 e. The van der Waals surface area contributed by atoms with Crippen molar-refractivity contribution in [2.45, 2.75) is 33.4 Å². The largest absolute Gasteiger partial charge is 0.392 e. The lowest BCUT2D eigenvalue weighted by atomic mass is 10.1. The average molecular weight is 285 g/mol. The van der Waals surface area contributed by atoms with E-state index in [1.165, 1.54) is 0 Å². The maximum atomic E-state index is 11.8. The van der Waals surface area contributed by atoms with E-state index >= 15 is 0 Å². The molecule has 0 radical (unpaired) electrons. The molecule has 1 aromatic carbocycles. The van der Waals surface area contributed by atoms with Gasteiger partial charge in [0.15, 0.2) is 0 Å². The SMILES string of the molecule is CCN(CC(=O)NC(C)C)c1cccc(Cl)c1CO. The molecule has 0 unspecified atom stereocenters. The van der Waals surface area contributed by atoms with Crippen molar-refractivity contribution in [3.63, 3.8) is 0 Å². The molecule has 0 spiro atoms. The lowest BCUT2D eigenvalue weighted by Gasteiger charge is -2.25. The van der Waals surface area contributed by atoms with Gasteiger partial charge in [-0.15, -0.1) is 0 Å². The van der Waals surface area contributed by atoms with Crippen molar-refractivity contribution in [1.82, 2.24) is 5.32 Å². The van der Waals surface area contributed by atoms with Gasteiger partial charge in [-0.3, -0.25) is 4.79 Å². The number of anilines is 1. The number of benzene rings is 1. The Morgan fingerprint density at radius 3 is 2.68 bits per heavy atom. The molecule has 1 rings (SSSR count). The topological polar surface area (TPSA) is 52.6 Å². The number of carbonyl (C=O) groups excluding carboxylic acids is 1. The van der Waals surface area contributed by atoms with E-state index in [9.17, 15) is 9.90 Å². The van der Waals surface area contributed by atoms with Gasteiger partial charge in [0.2, 0.25) is 5.91 Å². The molecule has 1 aromatic rings. The third kappa shape index (κ3) is 4.40. The van der Waals surface area contributed by atoms with Gasteiger partial charge in [-0.1, -0.05) is 17.7 Å². The molecular formula is C14H21ClN2O2. The number of halogens is 1. The molecule has 19 heavy (non-hydrogen) atoms. The van der Waals surface area contributed by atoms with Crippen molar-refractivity contribution in [2.75, 3.05) is 18.0 Å². The molecule has 2 N–H and O–H groups in total. The first kappa shape index (κ1) is 15.8. The number of likely N-dealkylation sites (N-methyl/N-ethyl adjacent to an activating group) is 1. The zero-order chi connectivity index (χ0) is 14.4. The summed E-state index contributed by atoms with van der Waals surface area (Å²) in [5.41, 5.74) is 1.46. The van der Waals surface area contributed by atoms with Crippen LogP contribution < -0.4 is 10.2 Å². The van der Waals surface area contributed by atoms with Crippen molar-refractivity contribution in [1.29, 1.82) is 0 Å². The third-order valence-corrected chi connectivity index (χ3v) is 3.11. The van der Waals surface area contributed by atoms with E-state index in [0.717, 1.165) is 5.69 Å². The minimum Gasteiger partial charge on any atom is -0.392 e. The Balaban J connectivity index is 2.91. The predicted octanol–water partition coefficient (Wildman–Crippen LogP) is 2.18. The van der Waals surface area contributed by atoms with Gasteiger partial charge < -0.3 is 15.3 Å². The number of carbonyl (C=O) groups is 1. The van der Waals surface area contributed by atoms with Gasteiger partial charge in [0, 0.05) is 28.9 Å². The monoisotopic (exact) mass is 284 g/mol. The molecular weight excluding hydrogens is 264 g/mol. The number of aliphatic hydroxyl groups excluding tert-OH is 1. The smallest absolute Gasteiger partial charge is 0.239 e. The number of aliphatic hydroxyl groups is 1. The molecule has 0 fully saturated rings. The Morgan fingerprint density at radius 1 is 1.47 bits per heavy atom. The number of nitrogens with zero attached hydrogens (tertiary/aromatic N) is 1. The summed E-state index contributed by atoms with van der Waals surface area (Å²) in [6, 6.07) is 5.53. The first-order valence-corrected chi connectivity index (χ1v) is 6.79. The number of nitrogens with one attached hydrogen (secondary N) is 1. The van der Waals surface area contributed by atoms with E-state index in [2.05, 4.69) is 5.32 Å². The van der Waals surface area contributed by atoms with E-state index < -0.39 is 0 Å². The van der Waals surface area contributed by atoms with Crippen molar-refractivity contribution in [3.05, 3.63) is 28.8 Å². The molecule has 0 aromatic heterocycles. The van der Waals surface area contributed by atoms with Crippen molar-refractivity contribution >= 4 is 23.2 Å². The summed E-state index contributed by atoms with van der Waals surface area (Å²) < 4.78 is 0. The zero-order valence-corrected chi connectivity index (χ0v) is 12.4. The lowest BCUT2D eigenvalue weighted by Crippen LogP contribution is -2.40. The van der Waals surface area contributed by atoms with Crippen LogP contribution in [0.5, 0.6) is 0 Å². The zero-order valence-electron chi connectivity index (χ0n) is 11.6. The summed E-state index contributed by atoms with van der Waals surface area (Å²) in [6.45, 7) is 6.59. The van der Waals surface area contributed by atoms with Crippen molar-refractivity contribution in [3.8, 4) is 0 Å². The molecule has 4 nitrogen and oxygen atoms in total. The van der Waals surface area contributed by atoms with Crippen LogP contribution in [0.25, 0.3) is 0 Å². The predicted molar refractivity (Wildman–Crippen MR) is 78.5 cm³/mol. The average Bonchev–Trinajstić information content (AvgIpc) is 2.34. The molecule has 0 bridgehead atoms. The summed E-state index contributed by atoms with van der Waals surface area (Å²) in [6.07, 6.45) is 0. The second-order valence-corrected chi connectivity index (χ2v) is 5.04. The molecule has 0 aliphatic heterocycles. The van der Waals surface area contributed by atoms with Crippen LogP contribution in [0.15, 0.2) is 18.2 Å². The number of hydrogen-bond acceptors (Lipinski definition) is 3. The first-order valence-electron chi connectivity index (χ1n) is 6.42. The van der Waals surface area contributed by atoms with E-state index in [4.69, 9.17) is 11.6 Å². The minimum absolute atomic E-state index is 0.0410. The quantitative estimate of drug-likeness (QED) is 0.842. The Hall–Kier alpha value is -1.26. The van der Waals surface area contributed by atoms with Crippen LogP contribution in [0.4, 0.5) is 5.69 Å². The van der Waals surface area contributed by atoms with Gasteiger partial charge in [-0.2, -0.15) is 0 Å². The number of rotatable bonds is 6. The Bertz CT molecular complexity index is 435. The standard InChI is InChI=1S/C14H21ClN2O2/c1-4-17(8-14(19)16-10(2)3)13-7-5-6-12(15)11(13)9-18/h5-7,10,18H,4,8-9H2,1-3H3,(H,16,19). The van der Waals surface area contributed by atoms with E-state index in [-0.39, 0.29) is 25.1 Å². The number of hydrogen-bond donors (Lipinski definition) is 2. The summed E-state index contributed by atoms with van der Waals surface area (Å²) in [5.74, 6) is -0.0410. The molecule has 5 heteroatoms. The maximum absolute atomic E-state index is 11.8. The Morgan fingerprint density at radius 2 is 2.16 bits per heavy atom. The highest BCUT2D eigenvalue weighted by atomic mass is 35.5. The molecule has 1 amide bonds. The van der Waals surface area contributed by atoms with Gasteiger partial charge in [0.1, 0.15) is 0 Å². The van der Waals surface area contributed by atoms with Gasteiger partial charge in [0.05, 0.1) is 13.2 Å². The molecule has 106 valence electrons. The second-order valence-electron chi connectivity index (χ2n) is 4.63. The fourth-order valence-corrected chi connectivity index (χ4v) is 2.14. The fraction of sp³-hybridized carbons (Fsp3) is 0.500. The molecule has 0 aliphatic rings. The van der Waals surface area contributed by atoms with Gasteiger partial charge in [-0.25, -0.2) is 0 Å². The lowest BCUT2D eigenvalue weighted by molar-refractivity contribution is -0.120. The molecule has 0 saturated carbocycles. The van der Waals surface area contributed by atoms with Crippen LogP contribution in [0.1, 0.15) is 26.3 Å². The Kier molecular flexibility index (Phi) is 6.12. The summed E-state index contributed by atoms with van der Waals surface area (Å²) in [7, 11) is 0.